The highest BCUT2D eigenvalue weighted by Gasteiger charge is 2.11. The van der Waals surface area contributed by atoms with Crippen LogP contribution in [0.25, 0.3) is 0 Å². The summed E-state index contributed by atoms with van der Waals surface area (Å²) in [6.45, 7) is 3.62. The van der Waals surface area contributed by atoms with Gasteiger partial charge >= 0.3 is 0 Å². The fraction of sp³-hybridized carbons (Fsp3) is 0.143. The SMILES string of the molecule is Cc1cc(Nc2nc(Nc3ccc(C(N)=O)cc3)ncc2F)cc(C)c1OCC#N. The standard InChI is InChI=1S/C21H19FN6O2/c1-12-9-16(10-13(2)18(12)30-8-7-23)26-20-17(22)11-25-21(28-20)27-15-5-3-14(4-6-15)19(24)29/h3-6,9-11H,8H2,1-2H3,(H2,24,29)(H2,25,26,27,28). The molecule has 1 aromatic heterocycles. The molecule has 0 fully saturated rings. The van der Waals surface area contributed by atoms with E-state index in [1.165, 1.54) is 0 Å². The van der Waals surface area contributed by atoms with Crippen molar-refractivity contribution in [1.82, 2.24) is 9.97 Å². The minimum Gasteiger partial charge on any atom is -0.478 e. The Balaban J connectivity index is 1.80. The molecule has 0 spiro atoms. The van der Waals surface area contributed by atoms with Gasteiger partial charge in [0.1, 0.15) is 11.8 Å². The summed E-state index contributed by atoms with van der Waals surface area (Å²) < 4.78 is 19.7. The van der Waals surface area contributed by atoms with Crippen LogP contribution in [0.2, 0.25) is 0 Å². The average Bonchev–Trinajstić information content (AvgIpc) is 2.70. The smallest absolute Gasteiger partial charge is 0.248 e. The number of carbonyl (C=O) groups is 1. The third kappa shape index (κ3) is 4.80. The van der Waals surface area contributed by atoms with Gasteiger partial charge in [0.05, 0.1) is 6.20 Å². The highest BCUT2D eigenvalue weighted by molar-refractivity contribution is 5.93. The van der Waals surface area contributed by atoms with Gasteiger partial charge in [0.15, 0.2) is 18.2 Å². The zero-order chi connectivity index (χ0) is 21.7. The van der Waals surface area contributed by atoms with Crippen molar-refractivity contribution in [3.05, 3.63) is 65.1 Å². The lowest BCUT2D eigenvalue weighted by molar-refractivity contribution is 0.100. The van der Waals surface area contributed by atoms with Crippen LogP contribution in [0.4, 0.5) is 27.5 Å². The number of carbonyl (C=O) groups excluding carboxylic acids is 1. The molecule has 0 aliphatic heterocycles. The third-order valence-corrected chi connectivity index (χ3v) is 4.17. The molecule has 1 amide bonds. The van der Waals surface area contributed by atoms with Crippen molar-refractivity contribution in [3.63, 3.8) is 0 Å². The highest BCUT2D eigenvalue weighted by atomic mass is 19.1. The molecule has 8 nitrogen and oxygen atoms in total. The molecule has 0 radical (unpaired) electrons. The van der Waals surface area contributed by atoms with Crippen LogP contribution in [0, 0.1) is 31.0 Å². The van der Waals surface area contributed by atoms with Gasteiger partial charge in [-0.3, -0.25) is 4.79 Å². The molecule has 0 atom stereocenters. The van der Waals surface area contributed by atoms with E-state index in [2.05, 4.69) is 20.6 Å². The summed E-state index contributed by atoms with van der Waals surface area (Å²) >= 11 is 0. The quantitative estimate of drug-likeness (QED) is 0.546. The number of amides is 1. The summed E-state index contributed by atoms with van der Waals surface area (Å²) in [5, 5.41) is 14.6. The number of hydrogen-bond donors (Lipinski definition) is 3. The Hall–Kier alpha value is -4.19. The van der Waals surface area contributed by atoms with Gasteiger partial charge in [-0.05, 0) is 61.4 Å². The van der Waals surface area contributed by atoms with Crippen LogP contribution >= 0.6 is 0 Å². The number of nitrogens with two attached hydrogens (primary N) is 1. The fourth-order valence-electron chi connectivity index (χ4n) is 2.85. The molecule has 4 N–H and O–H groups in total. The van der Waals surface area contributed by atoms with E-state index < -0.39 is 11.7 Å². The molecule has 3 rings (SSSR count). The number of aromatic nitrogens is 2. The predicted octanol–water partition coefficient (Wildman–Crippen LogP) is 3.72. The van der Waals surface area contributed by atoms with E-state index in [1.54, 1.807) is 36.4 Å². The molecule has 1 heterocycles. The van der Waals surface area contributed by atoms with Crippen molar-refractivity contribution in [2.24, 2.45) is 5.73 Å². The van der Waals surface area contributed by atoms with Crippen LogP contribution in [0.15, 0.2) is 42.6 Å². The van der Waals surface area contributed by atoms with Gasteiger partial charge < -0.3 is 21.1 Å². The van der Waals surface area contributed by atoms with Crippen molar-refractivity contribution in [2.45, 2.75) is 13.8 Å². The van der Waals surface area contributed by atoms with Gasteiger partial charge in [0.25, 0.3) is 0 Å². The fourth-order valence-corrected chi connectivity index (χ4v) is 2.85. The molecular weight excluding hydrogens is 387 g/mol. The molecule has 3 aromatic rings. The third-order valence-electron chi connectivity index (χ3n) is 4.17. The van der Waals surface area contributed by atoms with Gasteiger partial charge in [0, 0.05) is 16.9 Å². The number of primary amides is 1. The van der Waals surface area contributed by atoms with Crippen LogP contribution in [0.1, 0.15) is 21.5 Å². The van der Waals surface area contributed by atoms with E-state index >= 15 is 0 Å². The maximum Gasteiger partial charge on any atom is 0.248 e. The number of nitrogens with one attached hydrogen (secondary N) is 2. The molecule has 0 saturated carbocycles. The maximum atomic E-state index is 14.3. The van der Waals surface area contributed by atoms with Crippen LogP contribution in [-0.2, 0) is 0 Å². The number of benzene rings is 2. The second kappa shape index (κ2) is 8.87. The largest absolute Gasteiger partial charge is 0.478 e. The van der Waals surface area contributed by atoms with E-state index in [-0.39, 0.29) is 18.4 Å². The van der Waals surface area contributed by atoms with Crippen molar-refractivity contribution in [2.75, 3.05) is 17.2 Å². The van der Waals surface area contributed by atoms with Crippen LogP contribution < -0.4 is 21.1 Å². The van der Waals surface area contributed by atoms with E-state index in [9.17, 15) is 9.18 Å². The second-order valence-corrected chi connectivity index (χ2v) is 6.47. The van der Waals surface area contributed by atoms with Crippen molar-refractivity contribution >= 4 is 29.0 Å². The molecule has 0 saturated heterocycles. The minimum atomic E-state index is -0.621. The summed E-state index contributed by atoms with van der Waals surface area (Å²) in [7, 11) is 0. The Morgan fingerprint density at radius 3 is 2.43 bits per heavy atom. The van der Waals surface area contributed by atoms with Crippen LogP contribution in [0.3, 0.4) is 0 Å². The lowest BCUT2D eigenvalue weighted by Gasteiger charge is -2.14. The summed E-state index contributed by atoms with van der Waals surface area (Å²) in [5.74, 6) is -0.364. The normalized spacial score (nSPS) is 10.2. The van der Waals surface area contributed by atoms with E-state index in [0.717, 1.165) is 17.3 Å². The first-order valence-electron chi connectivity index (χ1n) is 8.95. The van der Waals surface area contributed by atoms with Crippen molar-refractivity contribution in [1.29, 1.82) is 5.26 Å². The van der Waals surface area contributed by atoms with Crippen molar-refractivity contribution in [3.8, 4) is 11.8 Å². The number of aryl methyl sites for hydroxylation is 2. The molecule has 0 aliphatic rings. The number of ether oxygens (including phenoxy) is 1. The molecule has 30 heavy (non-hydrogen) atoms. The average molecular weight is 406 g/mol. The summed E-state index contributed by atoms with van der Waals surface area (Å²) in [5.41, 5.74) is 8.43. The highest BCUT2D eigenvalue weighted by Crippen LogP contribution is 2.29. The zero-order valence-corrected chi connectivity index (χ0v) is 16.4. The molecule has 0 unspecified atom stereocenters. The van der Waals surface area contributed by atoms with Gasteiger partial charge in [-0.15, -0.1) is 0 Å². The van der Waals surface area contributed by atoms with Crippen LogP contribution in [0.5, 0.6) is 5.75 Å². The summed E-state index contributed by atoms with van der Waals surface area (Å²) in [6, 6.07) is 11.9. The zero-order valence-electron chi connectivity index (χ0n) is 16.4. The number of rotatable bonds is 7. The summed E-state index contributed by atoms with van der Waals surface area (Å²) in [6.07, 6.45) is 1.06. The second-order valence-electron chi connectivity index (χ2n) is 6.47. The lowest BCUT2D eigenvalue weighted by atomic mass is 10.1. The molecule has 0 aliphatic carbocycles. The number of nitriles is 1. The van der Waals surface area contributed by atoms with Gasteiger partial charge in [-0.2, -0.15) is 10.2 Å². The molecule has 0 bridgehead atoms. The first kappa shape index (κ1) is 20.5. The topological polar surface area (TPSA) is 126 Å². The van der Waals surface area contributed by atoms with E-state index in [1.807, 2.05) is 19.9 Å². The van der Waals surface area contributed by atoms with Crippen LogP contribution in [-0.4, -0.2) is 22.5 Å². The molecular formula is C21H19FN6O2. The minimum absolute atomic E-state index is 0.00857. The van der Waals surface area contributed by atoms with E-state index in [0.29, 0.717) is 22.7 Å². The first-order chi connectivity index (χ1) is 14.4. The number of nitrogens with zero attached hydrogens (tertiary/aromatic N) is 3. The van der Waals surface area contributed by atoms with Gasteiger partial charge in [-0.1, -0.05) is 0 Å². The molecule has 152 valence electrons. The first-order valence-corrected chi connectivity index (χ1v) is 8.95. The maximum absolute atomic E-state index is 14.3. The van der Waals surface area contributed by atoms with Gasteiger partial charge in [-0.25, -0.2) is 9.37 Å². The Labute approximate surface area is 172 Å². The molecule has 9 heteroatoms. The summed E-state index contributed by atoms with van der Waals surface area (Å²) in [4.78, 5) is 19.3. The Morgan fingerprint density at radius 2 is 1.83 bits per heavy atom. The van der Waals surface area contributed by atoms with Gasteiger partial charge in [0.2, 0.25) is 11.9 Å². The monoisotopic (exact) mass is 406 g/mol. The van der Waals surface area contributed by atoms with Crippen molar-refractivity contribution < 1.29 is 13.9 Å². The lowest BCUT2D eigenvalue weighted by Crippen LogP contribution is -2.10. The Morgan fingerprint density at radius 1 is 1.17 bits per heavy atom. The Bertz CT molecular complexity index is 1100. The predicted molar refractivity (Wildman–Crippen MR) is 111 cm³/mol. The van der Waals surface area contributed by atoms with E-state index in [4.69, 9.17) is 15.7 Å². The molecule has 2 aromatic carbocycles. The number of anilines is 4. The number of halogens is 1. The number of hydrogen-bond acceptors (Lipinski definition) is 7. The Kier molecular flexibility index (Phi) is 6.08.